The van der Waals surface area contributed by atoms with E-state index in [-0.39, 0.29) is 6.04 Å². The largest absolute Gasteiger partial charge is 0.444 e. The van der Waals surface area contributed by atoms with Crippen LogP contribution in [-0.2, 0) is 6.54 Å². The summed E-state index contributed by atoms with van der Waals surface area (Å²) in [7, 11) is 0. The van der Waals surface area contributed by atoms with Gasteiger partial charge in [0.15, 0.2) is 11.6 Å². The molecule has 1 saturated heterocycles. The van der Waals surface area contributed by atoms with Crippen molar-refractivity contribution in [3.63, 3.8) is 0 Å². The predicted octanol–water partition coefficient (Wildman–Crippen LogP) is 1.56. The molecule has 0 radical (unpaired) electrons. The van der Waals surface area contributed by atoms with Gasteiger partial charge in [0.05, 0.1) is 18.2 Å². The highest BCUT2D eigenvalue weighted by Gasteiger charge is 2.35. The summed E-state index contributed by atoms with van der Waals surface area (Å²) in [5, 5.41) is 19.8. The number of ether oxygens (including phenoxy) is 1. The number of hydrogen-bond acceptors (Lipinski definition) is 7. The minimum atomic E-state index is -1.11. The number of pyridine rings is 1. The van der Waals surface area contributed by atoms with Gasteiger partial charge in [-0.15, -0.1) is 0 Å². The summed E-state index contributed by atoms with van der Waals surface area (Å²) in [5.74, 6) is 1.36. The highest BCUT2D eigenvalue weighted by Crippen LogP contribution is 2.44. The van der Waals surface area contributed by atoms with Crippen molar-refractivity contribution < 1.29 is 9.84 Å². The van der Waals surface area contributed by atoms with Gasteiger partial charge in [-0.05, 0) is 24.5 Å². The van der Waals surface area contributed by atoms with Gasteiger partial charge in [-0.25, -0.2) is 4.98 Å². The lowest BCUT2D eigenvalue weighted by Gasteiger charge is -2.33. The average molecular weight is 351 g/mol. The second-order valence-corrected chi connectivity index (χ2v) is 6.67. The third kappa shape index (κ3) is 2.94. The van der Waals surface area contributed by atoms with Gasteiger partial charge in [0.1, 0.15) is 5.69 Å². The summed E-state index contributed by atoms with van der Waals surface area (Å²) in [5.41, 5.74) is 8.29. The molecule has 26 heavy (non-hydrogen) atoms. The van der Waals surface area contributed by atoms with Crippen LogP contribution in [0.1, 0.15) is 24.0 Å². The molecule has 0 saturated carbocycles. The number of piperidine rings is 1. The van der Waals surface area contributed by atoms with Crippen molar-refractivity contribution in [1.82, 2.24) is 4.98 Å². The summed E-state index contributed by atoms with van der Waals surface area (Å²) in [4.78, 5) is 8.44. The van der Waals surface area contributed by atoms with Crippen molar-refractivity contribution in [2.24, 2.45) is 5.73 Å². The van der Waals surface area contributed by atoms with Crippen LogP contribution in [0.3, 0.4) is 0 Å². The highest BCUT2D eigenvalue weighted by atomic mass is 16.6. The van der Waals surface area contributed by atoms with Crippen LogP contribution in [-0.4, -0.2) is 35.6 Å². The molecule has 134 valence electrons. The fraction of sp³-hybridized carbons (Fsp3) is 0.368. The smallest absolute Gasteiger partial charge is 0.282 e. The molecule has 2 aromatic rings. The van der Waals surface area contributed by atoms with E-state index < -0.39 is 6.41 Å². The quantitative estimate of drug-likeness (QED) is 0.866. The van der Waals surface area contributed by atoms with Crippen LogP contribution in [0.4, 0.5) is 11.5 Å². The van der Waals surface area contributed by atoms with Gasteiger partial charge in [0.25, 0.3) is 6.41 Å². The van der Waals surface area contributed by atoms with E-state index in [9.17, 15) is 10.4 Å². The van der Waals surface area contributed by atoms with E-state index in [1.807, 2.05) is 18.2 Å². The maximum atomic E-state index is 10.5. The number of fused-ring (bicyclic) bond motifs is 1. The first kappa shape index (κ1) is 16.6. The number of rotatable bonds is 3. The molecular formula is C19H21N5O2. The SMILES string of the molecule is N#Cc1ccccc1CN1c2c(ccnc2N2CCC[C@@H](N)C2)O[C@H]1O. The fourth-order valence-corrected chi connectivity index (χ4v) is 3.62. The van der Waals surface area contributed by atoms with Crippen molar-refractivity contribution in [1.29, 1.82) is 5.26 Å². The van der Waals surface area contributed by atoms with Crippen molar-refractivity contribution in [3.05, 3.63) is 47.7 Å². The van der Waals surface area contributed by atoms with Gasteiger partial charge < -0.3 is 25.4 Å². The average Bonchev–Trinajstić information content (AvgIpc) is 2.97. The van der Waals surface area contributed by atoms with Gasteiger partial charge in [-0.1, -0.05) is 18.2 Å². The predicted molar refractivity (Wildman–Crippen MR) is 97.6 cm³/mol. The van der Waals surface area contributed by atoms with Crippen molar-refractivity contribution in [3.8, 4) is 11.8 Å². The van der Waals surface area contributed by atoms with E-state index in [2.05, 4.69) is 16.0 Å². The summed E-state index contributed by atoms with van der Waals surface area (Å²) in [6.45, 7) is 1.95. The Morgan fingerprint density at radius 3 is 3.00 bits per heavy atom. The maximum absolute atomic E-state index is 10.5. The van der Waals surface area contributed by atoms with Crippen molar-refractivity contribution >= 4 is 11.5 Å². The maximum Gasteiger partial charge on any atom is 0.282 e. The van der Waals surface area contributed by atoms with Gasteiger partial charge in [-0.3, -0.25) is 0 Å². The molecule has 3 N–H and O–H groups in total. The molecule has 1 fully saturated rings. The number of nitrogens with zero attached hydrogens (tertiary/aromatic N) is 4. The van der Waals surface area contributed by atoms with E-state index in [1.54, 1.807) is 23.2 Å². The normalized spacial score (nSPS) is 21.9. The van der Waals surface area contributed by atoms with Gasteiger partial charge >= 0.3 is 0 Å². The Morgan fingerprint density at radius 2 is 2.19 bits per heavy atom. The van der Waals surface area contributed by atoms with E-state index >= 15 is 0 Å². The summed E-state index contributed by atoms with van der Waals surface area (Å²) >= 11 is 0. The van der Waals surface area contributed by atoms with E-state index in [0.29, 0.717) is 17.9 Å². The number of anilines is 2. The molecule has 0 unspecified atom stereocenters. The molecule has 2 aliphatic rings. The number of hydrogen-bond donors (Lipinski definition) is 2. The van der Waals surface area contributed by atoms with Crippen LogP contribution in [0, 0.1) is 11.3 Å². The Balaban J connectivity index is 1.70. The second-order valence-electron chi connectivity index (χ2n) is 6.67. The molecule has 1 aromatic carbocycles. The third-order valence-corrected chi connectivity index (χ3v) is 4.89. The van der Waals surface area contributed by atoms with Gasteiger partial charge in [0, 0.05) is 31.4 Å². The van der Waals surface area contributed by atoms with Crippen LogP contribution >= 0.6 is 0 Å². The minimum absolute atomic E-state index is 0.112. The molecular weight excluding hydrogens is 330 g/mol. The Bertz CT molecular complexity index is 850. The van der Waals surface area contributed by atoms with Crippen molar-refractivity contribution in [2.45, 2.75) is 31.8 Å². The number of benzene rings is 1. The van der Waals surface area contributed by atoms with E-state index in [4.69, 9.17) is 10.5 Å². The molecule has 3 heterocycles. The molecule has 7 heteroatoms. The highest BCUT2D eigenvalue weighted by molar-refractivity contribution is 5.76. The molecule has 2 aliphatic heterocycles. The fourth-order valence-electron chi connectivity index (χ4n) is 3.62. The van der Waals surface area contributed by atoms with E-state index in [0.717, 1.165) is 43.0 Å². The minimum Gasteiger partial charge on any atom is -0.444 e. The van der Waals surface area contributed by atoms with Gasteiger partial charge in [-0.2, -0.15) is 5.26 Å². The van der Waals surface area contributed by atoms with Crippen LogP contribution < -0.4 is 20.3 Å². The first-order chi connectivity index (χ1) is 12.7. The van der Waals surface area contributed by atoms with Crippen LogP contribution in [0.2, 0.25) is 0 Å². The lowest BCUT2D eigenvalue weighted by atomic mass is 10.1. The number of aliphatic hydroxyl groups is 1. The molecule has 0 aliphatic carbocycles. The second kappa shape index (κ2) is 6.83. The van der Waals surface area contributed by atoms with Crippen LogP contribution in [0.25, 0.3) is 0 Å². The molecule has 7 nitrogen and oxygen atoms in total. The Kier molecular flexibility index (Phi) is 4.37. The topological polar surface area (TPSA) is 98.6 Å². The molecule has 0 bridgehead atoms. The number of nitrogens with two attached hydrogens (primary N) is 1. The number of nitriles is 1. The standard InChI is InChI=1S/C19H21N5O2/c20-10-13-4-1-2-5-14(13)11-24-17-16(26-19(24)25)7-8-22-18(17)23-9-3-6-15(21)12-23/h1-2,4-5,7-8,15,19,25H,3,6,9,11-12,21H2/t15-,19-/m1/s1. The number of aliphatic hydroxyl groups excluding tert-OH is 1. The first-order valence-electron chi connectivity index (χ1n) is 8.76. The molecule has 4 rings (SSSR count). The lowest BCUT2D eigenvalue weighted by molar-refractivity contribution is -0.00376. The zero-order valence-corrected chi connectivity index (χ0v) is 14.4. The van der Waals surface area contributed by atoms with Crippen LogP contribution in [0.15, 0.2) is 36.5 Å². The monoisotopic (exact) mass is 351 g/mol. The molecule has 0 amide bonds. The first-order valence-corrected chi connectivity index (χ1v) is 8.76. The Hall–Kier alpha value is -2.82. The van der Waals surface area contributed by atoms with Gasteiger partial charge in [0.2, 0.25) is 0 Å². The summed E-state index contributed by atoms with van der Waals surface area (Å²) in [6, 6.07) is 11.4. The summed E-state index contributed by atoms with van der Waals surface area (Å²) < 4.78 is 5.62. The Morgan fingerprint density at radius 1 is 1.35 bits per heavy atom. The van der Waals surface area contributed by atoms with Crippen molar-refractivity contribution in [2.75, 3.05) is 22.9 Å². The summed E-state index contributed by atoms with van der Waals surface area (Å²) in [6.07, 6.45) is 2.59. The molecule has 1 aromatic heterocycles. The third-order valence-electron chi connectivity index (χ3n) is 4.89. The zero-order valence-electron chi connectivity index (χ0n) is 14.4. The van der Waals surface area contributed by atoms with Crippen LogP contribution in [0.5, 0.6) is 5.75 Å². The lowest BCUT2D eigenvalue weighted by Crippen LogP contribution is -2.44. The Labute approximate surface area is 152 Å². The molecule has 0 spiro atoms. The molecule has 2 atom stereocenters. The zero-order chi connectivity index (χ0) is 18.1. The number of aromatic nitrogens is 1. The van der Waals surface area contributed by atoms with E-state index in [1.165, 1.54) is 0 Å².